The minimum absolute atomic E-state index is 0.729. The first kappa shape index (κ1) is 9.55. The lowest BCUT2D eigenvalue weighted by Gasteiger charge is -1.96. The zero-order valence-electron chi connectivity index (χ0n) is 7.70. The summed E-state index contributed by atoms with van der Waals surface area (Å²) in [5.74, 6) is 0. The molecule has 0 saturated carbocycles. The molecule has 0 aromatic carbocycles. The fourth-order valence-electron chi connectivity index (χ4n) is 1.21. The zero-order chi connectivity index (χ0) is 10.1. The van der Waals surface area contributed by atoms with Crippen molar-refractivity contribution in [2.45, 2.75) is 13.5 Å². The number of thiophene rings is 1. The summed E-state index contributed by atoms with van der Waals surface area (Å²) < 4.78 is 2.63. The topological polar surface area (TPSA) is 43.8 Å². The summed E-state index contributed by atoms with van der Waals surface area (Å²) in [6.07, 6.45) is 1.84. The summed E-state index contributed by atoms with van der Waals surface area (Å²) >= 11 is 7.39. The molecular weight excluding hydrogens is 218 g/mol. The summed E-state index contributed by atoms with van der Waals surface area (Å²) in [6, 6.07) is 3.89. The molecule has 0 aliphatic rings. The van der Waals surface area contributed by atoms with E-state index >= 15 is 0 Å². The minimum Gasteiger partial charge on any atom is -0.396 e. The van der Waals surface area contributed by atoms with Crippen molar-refractivity contribution in [1.29, 1.82) is 0 Å². The molecule has 0 aliphatic heterocycles. The van der Waals surface area contributed by atoms with Gasteiger partial charge in [-0.1, -0.05) is 11.6 Å². The molecule has 2 heterocycles. The van der Waals surface area contributed by atoms with Gasteiger partial charge in [-0.2, -0.15) is 5.10 Å². The van der Waals surface area contributed by atoms with E-state index in [1.54, 1.807) is 11.3 Å². The molecule has 0 unspecified atom stereocenters. The maximum atomic E-state index is 5.83. The van der Waals surface area contributed by atoms with E-state index in [2.05, 4.69) is 5.10 Å². The Bertz CT molecular complexity index is 427. The van der Waals surface area contributed by atoms with Gasteiger partial charge in [0, 0.05) is 11.1 Å². The second kappa shape index (κ2) is 3.63. The summed E-state index contributed by atoms with van der Waals surface area (Å²) in [5.41, 5.74) is 7.29. The Balaban J connectivity index is 2.18. The van der Waals surface area contributed by atoms with Crippen LogP contribution in [-0.2, 0) is 6.54 Å². The number of nitrogens with zero attached hydrogens (tertiary/aromatic N) is 2. The maximum Gasteiger partial charge on any atom is 0.0931 e. The Morgan fingerprint density at radius 3 is 2.86 bits per heavy atom. The predicted molar refractivity (Wildman–Crippen MR) is 59.8 cm³/mol. The molecule has 0 atom stereocenters. The number of aryl methyl sites for hydroxylation is 1. The van der Waals surface area contributed by atoms with Crippen LogP contribution in [0.3, 0.4) is 0 Å². The third kappa shape index (κ3) is 1.91. The van der Waals surface area contributed by atoms with Gasteiger partial charge in [0.15, 0.2) is 0 Å². The molecular formula is C9H10ClN3S. The first-order valence-electron chi connectivity index (χ1n) is 4.19. The third-order valence-corrected chi connectivity index (χ3v) is 3.15. The number of nitrogen functional groups attached to an aromatic ring is 1. The highest BCUT2D eigenvalue weighted by atomic mass is 35.5. The molecule has 0 amide bonds. The van der Waals surface area contributed by atoms with Crippen molar-refractivity contribution in [2.24, 2.45) is 0 Å². The Morgan fingerprint density at radius 1 is 1.57 bits per heavy atom. The molecule has 0 aliphatic carbocycles. The maximum absolute atomic E-state index is 5.83. The van der Waals surface area contributed by atoms with Gasteiger partial charge in [0.1, 0.15) is 0 Å². The summed E-state index contributed by atoms with van der Waals surface area (Å²) in [5, 5.41) is 4.27. The molecule has 2 aromatic rings. The standard InChI is InChI=1S/C9H10ClN3S/c1-6-8(11)5-13(12-6)4-7-2-3-9(10)14-7/h2-3,5H,4,11H2,1H3. The highest BCUT2D eigenvalue weighted by Gasteiger charge is 2.03. The quantitative estimate of drug-likeness (QED) is 0.857. The second-order valence-electron chi connectivity index (χ2n) is 3.07. The van der Waals surface area contributed by atoms with Crippen LogP contribution in [0.5, 0.6) is 0 Å². The van der Waals surface area contributed by atoms with Gasteiger partial charge in [0.05, 0.1) is 22.3 Å². The van der Waals surface area contributed by atoms with Crippen LogP contribution in [0.1, 0.15) is 10.6 Å². The fraction of sp³-hybridized carbons (Fsp3) is 0.222. The monoisotopic (exact) mass is 227 g/mol. The van der Waals surface area contributed by atoms with E-state index in [0.717, 1.165) is 22.3 Å². The Labute approximate surface area is 91.1 Å². The van der Waals surface area contributed by atoms with Gasteiger partial charge in [-0.15, -0.1) is 11.3 Å². The van der Waals surface area contributed by atoms with Crippen LogP contribution in [0.25, 0.3) is 0 Å². The SMILES string of the molecule is Cc1nn(Cc2ccc(Cl)s2)cc1N. The molecule has 2 N–H and O–H groups in total. The minimum atomic E-state index is 0.729. The average Bonchev–Trinajstić information content (AvgIpc) is 2.62. The van der Waals surface area contributed by atoms with Crippen molar-refractivity contribution in [2.75, 3.05) is 5.73 Å². The molecule has 3 nitrogen and oxygen atoms in total. The third-order valence-electron chi connectivity index (χ3n) is 1.93. The lowest BCUT2D eigenvalue weighted by atomic mass is 10.4. The van der Waals surface area contributed by atoms with Gasteiger partial charge in [-0.05, 0) is 19.1 Å². The van der Waals surface area contributed by atoms with Gasteiger partial charge in [0.2, 0.25) is 0 Å². The molecule has 5 heteroatoms. The van der Waals surface area contributed by atoms with Crippen molar-refractivity contribution in [3.63, 3.8) is 0 Å². The lowest BCUT2D eigenvalue weighted by Crippen LogP contribution is -1.98. The highest BCUT2D eigenvalue weighted by Crippen LogP contribution is 2.22. The number of hydrogen-bond acceptors (Lipinski definition) is 3. The predicted octanol–water partition coefficient (Wildman–Crippen LogP) is 2.54. The van der Waals surface area contributed by atoms with Crippen molar-refractivity contribution in [3.05, 3.63) is 33.2 Å². The number of anilines is 1. The Hall–Kier alpha value is -1.00. The van der Waals surface area contributed by atoms with Gasteiger partial charge in [0.25, 0.3) is 0 Å². The first-order valence-corrected chi connectivity index (χ1v) is 5.38. The highest BCUT2D eigenvalue weighted by molar-refractivity contribution is 7.16. The van der Waals surface area contributed by atoms with Crippen LogP contribution < -0.4 is 5.73 Å². The van der Waals surface area contributed by atoms with Gasteiger partial charge in [-0.25, -0.2) is 0 Å². The molecule has 2 aromatic heterocycles. The van der Waals surface area contributed by atoms with E-state index in [0.29, 0.717) is 0 Å². The number of hydrogen-bond donors (Lipinski definition) is 1. The van der Waals surface area contributed by atoms with Crippen LogP contribution in [-0.4, -0.2) is 9.78 Å². The summed E-state index contributed by atoms with van der Waals surface area (Å²) in [4.78, 5) is 1.18. The largest absolute Gasteiger partial charge is 0.396 e. The van der Waals surface area contributed by atoms with Crippen molar-refractivity contribution < 1.29 is 0 Å². The fourth-order valence-corrected chi connectivity index (χ4v) is 2.29. The molecule has 14 heavy (non-hydrogen) atoms. The molecule has 0 saturated heterocycles. The van der Waals surface area contributed by atoms with Crippen molar-refractivity contribution in [1.82, 2.24) is 9.78 Å². The van der Waals surface area contributed by atoms with Gasteiger partial charge >= 0.3 is 0 Å². The Morgan fingerprint density at radius 2 is 2.36 bits per heavy atom. The molecule has 0 spiro atoms. The molecule has 0 fully saturated rings. The number of nitrogens with two attached hydrogens (primary N) is 1. The summed E-state index contributed by atoms with van der Waals surface area (Å²) in [6.45, 7) is 2.63. The average molecular weight is 228 g/mol. The molecule has 0 radical (unpaired) electrons. The normalized spacial score (nSPS) is 10.7. The van der Waals surface area contributed by atoms with E-state index in [1.165, 1.54) is 4.88 Å². The van der Waals surface area contributed by atoms with Crippen LogP contribution in [0.15, 0.2) is 18.3 Å². The van der Waals surface area contributed by atoms with E-state index in [-0.39, 0.29) is 0 Å². The molecule has 2 rings (SSSR count). The second-order valence-corrected chi connectivity index (χ2v) is 4.87. The van der Waals surface area contributed by atoms with Crippen LogP contribution >= 0.6 is 22.9 Å². The van der Waals surface area contributed by atoms with E-state index in [9.17, 15) is 0 Å². The van der Waals surface area contributed by atoms with Gasteiger partial charge < -0.3 is 5.73 Å². The van der Waals surface area contributed by atoms with Crippen LogP contribution in [0.2, 0.25) is 4.34 Å². The zero-order valence-corrected chi connectivity index (χ0v) is 9.27. The van der Waals surface area contributed by atoms with Crippen LogP contribution in [0.4, 0.5) is 5.69 Å². The number of aromatic nitrogens is 2. The smallest absolute Gasteiger partial charge is 0.0931 e. The van der Waals surface area contributed by atoms with E-state index in [4.69, 9.17) is 17.3 Å². The number of rotatable bonds is 2. The number of halogens is 1. The van der Waals surface area contributed by atoms with Crippen LogP contribution in [0, 0.1) is 6.92 Å². The van der Waals surface area contributed by atoms with E-state index < -0.39 is 0 Å². The van der Waals surface area contributed by atoms with Crippen molar-refractivity contribution >= 4 is 28.6 Å². The van der Waals surface area contributed by atoms with E-state index in [1.807, 2.05) is 29.9 Å². The van der Waals surface area contributed by atoms with Crippen molar-refractivity contribution in [3.8, 4) is 0 Å². The molecule has 0 bridgehead atoms. The Kier molecular flexibility index (Phi) is 2.48. The molecule has 74 valence electrons. The van der Waals surface area contributed by atoms with Gasteiger partial charge in [-0.3, -0.25) is 4.68 Å². The first-order chi connectivity index (χ1) is 6.65. The lowest BCUT2D eigenvalue weighted by molar-refractivity contribution is 0.687. The summed E-state index contributed by atoms with van der Waals surface area (Å²) in [7, 11) is 0.